The fourth-order valence-corrected chi connectivity index (χ4v) is 1.93. The maximum atomic E-state index is 12.5. The van der Waals surface area contributed by atoms with Gasteiger partial charge in [-0.1, -0.05) is 20.8 Å². The molecule has 0 fully saturated rings. The molecular formula is C18H23NO4. The minimum absolute atomic E-state index is 0.0110. The minimum Gasteiger partial charge on any atom is -0.497 e. The van der Waals surface area contributed by atoms with Gasteiger partial charge < -0.3 is 14.5 Å². The largest absolute Gasteiger partial charge is 0.497 e. The van der Waals surface area contributed by atoms with Crippen LogP contribution in [0.25, 0.3) is 11.0 Å². The Morgan fingerprint density at radius 3 is 2.35 bits per heavy atom. The number of nitrogens with one attached hydrogen (secondary N) is 1. The van der Waals surface area contributed by atoms with Gasteiger partial charge in [-0.2, -0.15) is 0 Å². The Morgan fingerprint density at radius 1 is 1.13 bits per heavy atom. The molecule has 2 rings (SSSR count). The van der Waals surface area contributed by atoms with Gasteiger partial charge in [0.15, 0.2) is 0 Å². The summed E-state index contributed by atoms with van der Waals surface area (Å²) in [5.74, 6) is 0.191. The van der Waals surface area contributed by atoms with Crippen molar-refractivity contribution < 1.29 is 13.9 Å². The van der Waals surface area contributed by atoms with Gasteiger partial charge in [-0.05, 0) is 43.5 Å². The third-order valence-electron chi connectivity index (χ3n) is 4.49. The van der Waals surface area contributed by atoms with Crippen molar-refractivity contribution in [2.45, 2.75) is 40.2 Å². The van der Waals surface area contributed by atoms with Crippen LogP contribution in [0.1, 0.15) is 45.0 Å². The Hall–Kier alpha value is -2.30. The summed E-state index contributed by atoms with van der Waals surface area (Å²) in [5, 5.41) is 3.56. The zero-order valence-corrected chi connectivity index (χ0v) is 14.4. The van der Waals surface area contributed by atoms with Gasteiger partial charge in [0, 0.05) is 10.9 Å². The summed E-state index contributed by atoms with van der Waals surface area (Å²) in [6, 6.07) is 6.62. The van der Waals surface area contributed by atoms with E-state index in [0.717, 1.165) is 0 Å². The molecule has 0 spiro atoms. The molecule has 2 aromatic rings. The minimum atomic E-state index is -0.648. The van der Waals surface area contributed by atoms with Crippen molar-refractivity contribution in [1.82, 2.24) is 5.32 Å². The van der Waals surface area contributed by atoms with Gasteiger partial charge >= 0.3 is 5.63 Å². The maximum absolute atomic E-state index is 12.5. The van der Waals surface area contributed by atoms with Crippen LogP contribution in [0.15, 0.2) is 33.5 Å². The van der Waals surface area contributed by atoms with Crippen molar-refractivity contribution in [3.05, 3.63) is 40.2 Å². The topological polar surface area (TPSA) is 68.5 Å². The molecule has 23 heavy (non-hydrogen) atoms. The lowest BCUT2D eigenvalue weighted by atomic mass is 9.76. The van der Waals surface area contributed by atoms with Crippen LogP contribution in [0.4, 0.5) is 0 Å². The first kappa shape index (κ1) is 17.1. The molecule has 0 saturated carbocycles. The fraction of sp³-hybridized carbons (Fsp3) is 0.444. The van der Waals surface area contributed by atoms with Crippen LogP contribution in [0.2, 0.25) is 0 Å². The number of carbonyl (C=O) groups excluding carboxylic acids is 1. The van der Waals surface area contributed by atoms with E-state index in [1.54, 1.807) is 25.3 Å². The van der Waals surface area contributed by atoms with E-state index in [0.29, 0.717) is 16.7 Å². The molecule has 1 N–H and O–H groups in total. The molecule has 0 aliphatic carbocycles. The number of fused-ring (bicyclic) bond motifs is 1. The maximum Gasteiger partial charge on any atom is 0.349 e. The lowest BCUT2D eigenvalue weighted by Crippen LogP contribution is -2.53. The van der Waals surface area contributed by atoms with Gasteiger partial charge in [0.05, 0.1) is 7.11 Å². The predicted molar refractivity (Wildman–Crippen MR) is 90.0 cm³/mol. The summed E-state index contributed by atoms with van der Waals surface area (Å²) >= 11 is 0. The summed E-state index contributed by atoms with van der Waals surface area (Å²) < 4.78 is 10.4. The molecule has 0 unspecified atom stereocenters. The lowest BCUT2D eigenvalue weighted by Gasteiger charge is -2.39. The standard InChI is InChI=1S/C18H23NO4/c1-17(2,3)18(4,5)19-15(20)13-10-11-9-12(22-6)7-8-14(11)23-16(13)21/h7-10H,1-6H3,(H,19,20). The SMILES string of the molecule is COc1ccc2oc(=O)c(C(=O)NC(C)(C)C(C)(C)C)cc2c1. The van der Waals surface area contributed by atoms with E-state index < -0.39 is 17.1 Å². The van der Waals surface area contributed by atoms with Crippen molar-refractivity contribution >= 4 is 16.9 Å². The highest BCUT2D eigenvalue weighted by Crippen LogP contribution is 2.29. The highest BCUT2D eigenvalue weighted by Gasteiger charge is 2.35. The van der Waals surface area contributed by atoms with Gasteiger partial charge in [-0.3, -0.25) is 4.79 Å². The highest BCUT2D eigenvalue weighted by molar-refractivity contribution is 5.97. The lowest BCUT2D eigenvalue weighted by molar-refractivity contribution is 0.0825. The van der Waals surface area contributed by atoms with Crippen LogP contribution in [0.5, 0.6) is 5.75 Å². The van der Waals surface area contributed by atoms with Crippen LogP contribution in [-0.4, -0.2) is 18.6 Å². The molecule has 124 valence electrons. The molecule has 1 amide bonds. The third-order valence-corrected chi connectivity index (χ3v) is 4.49. The zero-order chi connectivity index (χ0) is 17.4. The average molecular weight is 317 g/mol. The van der Waals surface area contributed by atoms with Crippen molar-refractivity contribution in [3.63, 3.8) is 0 Å². The van der Waals surface area contributed by atoms with E-state index in [1.165, 1.54) is 6.07 Å². The van der Waals surface area contributed by atoms with Gasteiger partial charge in [0.1, 0.15) is 16.9 Å². The Morgan fingerprint density at radius 2 is 1.78 bits per heavy atom. The van der Waals surface area contributed by atoms with E-state index in [2.05, 4.69) is 5.32 Å². The van der Waals surface area contributed by atoms with Gasteiger partial charge in [-0.25, -0.2) is 4.79 Å². The Kier molecular flexibility index (Phi) is 4.24. The molecule has 0 bridgehead atoms. The van der Waals surface area contributed by atoms with Crippen molar-refractivity contribution in [2.24, 2.45) is 5.41 Å². The number of amides is 1. The first-order valence-electron chi connectivity index (χ1n) is 7.49. The molecule has 0 saturated heterocycles. The monoisotopic (exact) mass is 317 g/mol. The number of methoxy groups -OCH3 is 1. The smallest absolute Gasteiger partial charge is 0.349 e. The first-order chi connectivity index (χ1) is 10.5. The van der Waals surface area contributed by atoms with Gasteiger partial charge in [0.2, 0.25) is 0 Å². The summed E-state index contributed by atoms with van der Waals surface area (Å²) in [7, 11) is 1.56. The molecule has 1 aromatic heterocycles. The molecule has 5 heteroatoms. The van der Waals surface area contributed by atoms with E-state index in [-0.39, 0.29) is 11.0 Å². The zero-order valence-electron chi connectivity index (χ0n) is 14.4. The molecule has 0 radical (unpaired) electrons. The van der Waals surface area contributed by atoms with E-state index >= 15 is 0 Å². The number of carbonyl (C=O) groups is 1. The fourth-order valence-electron chi connectivity index (χ4n) is 1.93. The Balaban J connectivity index is 2.44. The van der Waals surface area contributed by atoms with Crippen LogP contribution in [-0.2, 0) is 0 Å². The highest BCUT2D eigenvalue weighted by atomic mass is 16.5. The second-order valence-electron chi connectivity index (χ2n) is 7.18. The normalized spacial score (nSPS) is 12.3. The average Bonchev–Trinajstić information content (AvgIpc) is 2.44. The van der Waals surface area contributed by atoms with Crippen molar-refractivity contribution in [3.8, 4) is 5.75 Å². The second kappa shape index (κ2) is 5.72. The molecule has 1 aromatic carbocycles. The van der Waals surface area contributed by atoms with Gasteiger partial charge in [0.25, 0.3) is 5.91 Å². The number of ether oxygens (including phenoxy) is 1. The molecule has 0 atom stereocenters. The number of hydrogen-bond donors (Lipinski definition) is 1. The van der Waals surface area contributed by atoms with E-state index in [1.807, 2.05) is 34.6 Å². The summed E-state index contributed by atoms with van der Waals surface area (Å²) in [5.41, 5.74) is -0.890. The Bertz CT molecular complexity index is 797. The van der Waals surface area contributed by atoms with Crippen molar-refractivity contribution in [2.75, 3.05) is 7.11 Å². The Labute approximate surface area is 135 Å². The number of rotatable bonds is 3. The molecule has 0 aliphatic heterocycles. The summed E-state index contributed by atoms with van der Waals surface area (Å²) in [6.45, 7) is 9.94. The van der Waals surface area contributed by atoms with Crippen LogP contribution >= 0.6 is 0 Å². The van der Waals surface area contributed by atoms with Crippen LogP contribution < -0.4 is 15.7 Å². The number of benzene rings is 1. The van der Waals surface area contributed by atoms with Crippen LogP contribution in [0.3, 0.4) is 0 Å². The summed E-state index contributed by atoms with van der Waals surface area (Å²) in [4.78, 5) is 24.6. The van der Waals surface area contributed by atoms with Crippen molar-refractivity contribution in [1.29, 1.82) is 0 Å². The molecular weight excluding hydrogens is 294 g/mol. The first-order valence-corrected chi connectivity index (χ1v) is 7.49. The van der Waals surface area contributed by atoms with Gasteiger partial charge in [-0.15, -0.1) is 0 Å². The van der Waals surface area contributed by atoms with E-state index in [9.17, 15) is 9.59 Å². The number of hydrogen-bond acceptors (Lipinski definition) is 4. The quantitative estimate of drug-likeness (QED) is 0.881. The summed E-state index contributed by atoms with van der Waals surface area (Å²) in [6.07, 6.45) is 0. The second-order valence-corrected chi connectivity index (χ2v) is 7.18. The predicted octanol–water partition coefficient (Wildman–Crippen LogP) is 3.36. The molecule has 0 aliphatic rings. The molecule has 5 nitrogen and oxygen atoms in total. The molecule has 1 heterocycles. The third kappa shape index (κ3) is 3.38. The van der Waals surface area contributed by atoms with Crippen LogP contribution in [0, 0.1) is 5.41 Å². The van der Waals surface area contributed by atoms with E-state index in [4.69, 9.17) is 9.15 Å².